The molecule has 0 spiro atoms. The summed E-state index contributed by atoms with van der Waals surface area (Å²) in [6, 6.07) is 9.55. The first-order chi connectivity index (χ1) is 11.4. The Bertz CT molecular complexity index is 884. The molecule has 23 heavy (non-hydrogen) atoms. The zero-order chi connectivity index (χ0) is 15.5. The number of fused-ring (bicyclic) bond motifs is 1. The van der Waals surface area contributed by atoms with E-state index in [2.05, 4.69) is 20.6 Å². The molecule has 0 fully saturated rings. The van der Waals surface area contributed by atoms with Gasteiger partial charge in [0.25, 0.3) is 0 Å². The number of hydrogen-bond donors (Lipinski definition) is 2. The summed E-state index contributed by atoms with van der Waals surface area (Å²) >= 11 is 1.61. The molecule has 0 saturated carbocycles. The first-order valence-electron chi connectivity index (χ1n) is 7.16. The van der Waals surface area contributed by atoms with Gasteiger partial charge in [-0.1, -0.05) is 0 Å². The first-order valence-corrected chi connectivity index (χ1v) is 8.04. The SMILES string of the molecule is c1coc(CNc2nc(NCc3ccco3)c3sccc3n2)c1. The van der Waals surface area contributed by atoms with Crippen LogP contribution in [-0.2, 0) is 13.1 Å². The van der Waals surface area contributed by atoms with Gasteiger partial charge in [0.05, 0.1) is 35.8 Å². The third-order valence-electron chi connectivity index (χ3n) is 3.31. The Hall–Kier alpha value is -2.80. The third kappa shape index (κ3) is 3.04. The molecule has 0 aromatic carbocycles. The summed E-state index contributed by atoms with van der Waals surface area (Å²) in [5, 5.41) is 8.51. The van der Waals surface area contributed by atoms with Gasteiger partial charge in [-0.15, -0.1) is 11.3 Å². The van der Waals surface area contributed by atoms with Crippen LogP contribution in [0.5, 0.6) is 0 Å². The van der Waals surface area contributed by atoms with Crippen LogP contribution in [0.25, 0.3) is 10.2 Å². The van der Waals surface area contributed by atoms with Gasteiger partial charge in [0.1, 0.15) is 17.3 Å². The predicted octanol–water partition coefficient (Wildman–Crippen LogP) is 4.10. The van der Waals surface area contributed by atoms with Crippen LogP contribution in [0.3, 0.4) is 0 Å². The normalized spacial score (nSPS) is 11.0. The van der Waals surface area contributed by atoms with Gasteiger partial charge in [-0.05, 0) is 35.7 Å². The fourth-order valence-corrected chi connectivity index (χ4v) is 3.02. The van der Waals surface area contributed by atoms with E-state index in [0.717, 1.165) is 27.6 Å². The smallest absolute Gasteiger partial charge is 0.225 e. The minimum absolute atomic E-state index is 0.542. The Kier molecular flexibility index (Phi) is 3.69. The number of aromatic nitrogens is 2. The molecule has 4 aromatic heterocycles. The molecule has 4 aromatic rings. The van der Waals surface area contributed by atoms with Crippen molar-refractivity contribution < 1.29 is 8.83 Å². The molecule has 4 heterocycles. The van der Waals surface area contributed by atoms with Crippen LogP contribution in [0.15, 0.2) is 57.1 Å². The summed E-state index contributed by atoms with van der Waals surface area (Å²) in [4.78, 5) is 9.09. The minimum atomic E-state index is 0.542. The molecule has 0 unspecified atom stereocenters. The Morgan fingerprint density at radius 3 is 2.35 bits per heavy atom. The Morgan fingerprint density at radius 2 is 1.65 bits per heavy atom. The van der Waals surface area contributed by atoms with Crippen LogP contribution in [0.1, 0.15) is 11.5 Å². The van der Waals surface area contributed by atoms with Crippen molar-refractivity contribution in [3.8, 4) is 0 Å². The van der Waals surface area contributed by atoms with Crippen molar-refractivity contribution in [2.75, 3.05) is 10.6 Å². The van der Waals surface area contributed by atoms with Crippen LogP contribution < -0.4 is 10.6 Å². The van der Waals surface area contributed by atoms with Crippen molar-refractivity contribution >= 4 is 33.3 Å². The van der Waals surface area contributed by atoms with E-state index in [1.165, 1.54) is 0 Å². The van der Waals surface area contributed by atoms with Gasteiger partial charge in [0, 0.05) is 0 Å². The summed E-state index contributed by atoms with van der Waals surface area (Å²) in [6.07, 6.45) is 3.31. The number of anilines is 2. The molecule has 0 aliphatic heterocycles. The van der Waals surface area contributed by atoms with E-state index in [4.69, 9.17) is 8.83 Å². The molecule has 0 saturated heterocycles. The van der Waals surface area contributed by atoms with E-state index in [1.807, 2.05) is 35.7 Å². The Morgan fingerprint density at radius 1 is 0.913 bits per heavy atom. The lowest BCUT2D eigenvalue weighted by Crippen LogP contribution is -2.06. The average molecular weight is 326 g/mol. The first kappa shape index (κ1) is 13.8. The van der Waals surface area contributed by atoms with Gasteiger partial charge in [-0.3, -0.25) is 0 Å². The second-order valence-corrected chi connectivity index (χ2v) is 5.81. The third-order valence-corrected chi connectivity index (χ3v) is 4.22. The molecular formula is C16H14N4O2S. The van der Waals surface area contributed by atoms with E-state index in [1.54, 1.807) is 23.9 Å². The number of furan rings is 2. The zero-order valence-electron chi connectivity index (χ0n) is 12.2. The molecule has 0 amide bonds. The van der Waals surface area contributed by atoms with Gasteiger partial charge in [0.2, 0.25) is 5.95 Å². The summed E-state index contributed by atoms with van der Waals surface area (Å²) in [6.45, 7) is 1.12. The zero-order valence-corrected chi connectivity index (χ0v) is 13.0. The monoisotopic (exact) mass is 326 g/mol. The summed E-state index contributed by atoms with van der Waals surface area (Å²) < 4.78 is 11.7. The summed E-state index contributed by atoms with van der Waals surface area (Å²) in [7, 11) is 0. The molecule has 2 N–H and O–H groups in total. The molecule has 6 nitrogen and oxygen atoms in total. The largest absolute Gasteiger partial charge is 0.467 e. The van der Waals surface area contributed by atoms with Crippen molar-refractivity contribution in [3.63, 3.8) is 0 Å². The molecule has 0 atom stereocenters. The topological polar surface area (TPSA) is 76.1 Å². The highest BCUT2D eigenvalue weighted by Crippen LogP contribution is 2.27. The number of thiophene rings is 1. The van der Waals surface area contributed by atoms with E-state index in [0.29, 0.717) is 19.0 Å². The number of nitrogens with zero attached hydrogens (tertiary/aromatic N) is 2. The molecule has 4 rings (SSSR count). The maximum atomic E-state index is 5.34. The maximum Gasteiger partial charge on any atom is 0.225 e. The minimum Gasteiger partial charge on any atom is -0.467 e. The van der Waals surface area contributed by atoms with Gasteiger partial charge >= 0.3 is 0 Å². The van der Waals surface area contributed by atoms with Crippen LogP contribution >= 0.6 is 11.3 Å². The molecular weight excluding hydrogens is 312 g/mol. The highest BCUT2D eigenvalue weighted by atomic mass is 32.1. The lowest BCUT2D eigenvalue weighted by atomic mass is 10.4. The maximum absolute atomic E-state index is 5.34. The van der Waals surface area contributed by atoms with Crippen molar-refractivity contribution in [2.45, 2.75) is 13.1 Å². The van der Waals surface area contributed by atoms with Crippen LogP contribution in [0, 0.1) is 0 Å². The molecule has 0 aliphatic rings. The lowest BCUT2D eigenvalue weighted by Gasteiger charge is -2.08. The van der Waals surface area contributed by atoms with Crippen LogP contribution in [0.2, 0.25) is 0 Å². The summed E-state index contributed by atoms with van der Waals surface area (Å²) in [5.74, 6) is 3.06. The highest BCUT2D eigenvalue weighted by molar-refractivity contribution is 7.17. The van der Waals surface area contributed by atoms with Crippen molar-refractivity contribution in [2.24, 2.45) is 0 Å². The average Bonchev–Trinajstić information content (AvgIpc) is 3.32. The van der Waals surface area contributed by atoms with Crippen molar-refractivity contribution in [1.82, 2.24) is 9.97 Å². The molecule has 0 aliphatic carbocycles. The Labute approximate surface area is 136 Å². The van der Waals surface area contributed by atoms with E-state index < -0.39 is 0 Å². The van der Waals surface area contributed by atoms with E-state index in [-0.39, 0.29) is 0 Å². The number of hydrogen-bond acceptors (Lipinski definition) is 7. The fraction of sp³-hybridized carbons (Fsp3) is 0.125. The van der Waals surface area contributed by atoms with Crippen LogP contribution in [0.4, 0.5) is 11.8 Å². The molecule has 7 heteroatoms. The van der Waals surface area contributed by atoms with Gasteiger partial charge in [-0.25, -0.2) is 4.98 Å². The van der Waals surface area contributed by atoms with Gasteiger partial charge < -0.3 is 19.5 Å². The van der Waals surface area contributed by atoms with Crippen LogP contribution in [-0.4, -0.2) is 9.97 Å². The standard InChI is InChI=1S/C16H14N4O2S/c1-3-11(21-6-1)9-17-15-14-13(5-8-23-14)19-16(20-15)18-10-12-4-2-7-22-12/h1-8H,9-10H2,(H2,17,18,19,20). The van der Waals surface area contributed by atoms with Gasteiger partial charge in [0.15, 0.2) is 0 Å². The van der Waals surface area contributed by atoms with E-state index >= 15 is 0 Å². The van der Waals surface area contributed by atoms with E-state index in [9.17, 15) is 0 Å². The molecule has 116 valence electrons. The van der Waals surface area contributed by atoms with Crippen molar-refractivity contribution in [1.29, 1.82) is 0 Å². The number of rotatable bonds is 6. The molecule has 0 radical (unpaired) electrons. The second-order valence-electron chi connectivity index (χ2n) is 4.90. The van der Waals surface area contributed by atoms with Crippen molar-refractivity contribution in [3.05, 3.63) is 59.8 Å². The fourth-order valence-electron chi connectivity index (χ4n) is 2.23. The molecule has 0 bridgehead atoms. The second kappa shape index (κ2) is 6.13. The predicted molar refractivity (Wildman–Crippen MR) is 89.5 cm³/mol. The quantitative estimate of drug-likeness (QED) is 0.555. The Balaban J connectivity index is 1.56. The summed E-state index contributed by atoms with van der Waals surface area (Å²) in [5.41, 5.74) is 0.911. The highest BCUT2D eigenvalue weighted by Gasteiger charge is 2.10. The number of nitrogens with one attached hydrogen (secondary N) is 2. The lowest BCUT2D eigenvalue weighted by molar-refractivity contribution is 0.517. The van der Waals surface area contributed by atoms with Gasteiger partial charge in [-0.2, -0.15) is 4.98 Å².